The van der Waals surface area contributed by atoms with Gasteiger partial charge < -0.3 is 4.57 Å². The number of benzene rings is 1. The molecule has 0 bridgehead atoms. The predicted octanol–water partition coefficient (Wildman–Crippen LogP) is 1.43. The summed E-state index contributed by atoms with van der Waals surface area (Å²) in [7, 11) is 0. The average molecular weight is 313 g/mol. The van der Waals surface area contributed by atoms with Gasteiger partial charge in [0.25, 0.3) is 17.4 Å². The molecule has 2 N–H and O–H groups in total. The zero-order valence-electron chi connectivity index (χ0n) is 13.1. The van der Waals surface area contributed by atoms with Crippen molar-refractivity contribution in [2.24, 2.45) is 0 Å². The highest BCUT2D eigenvalue weighted by Crippen LogP contribution is 2.14. The van der Waals surface area contributed by atoms with Gasteiger partial charge in [0.05, 0.1) is 0 Å². The van der Waals surface area contributed by atoms with Crippen LogP contribution in [0.15, 0.2) is 53.5 Å². The Morgan fingerprint density at radius 2 is 1.74 bits per heavy atom. The van der Waals surface area contributed by atoms with Crippen molar-refractivity contribution in [1.29, 1.82) is 0 Å². The highest BCUT2D eigenvalue weighted by Gasteiger charge is 2.09. The Kier molecular flexibility index (Phi) is 5.30. The lowest BCUT2D eigenvalue weighted by atomic mass is 10.0. The average Bonchev–Trinajstić information content (AvgIpc) is 2.55. The van der Waals surface area contributed by atoms with Crippen LogP contribution in [-0.2, 0) is 11.3 Å². The van der Waals surface area contributed by atoms with Crippen LogP contribution in [0.2, 0.25) is 0 Å². The molecule has 0 radical (unpaired) electrons. The molecule has 0 unspecified atom stereocenters. The number of carbonyl (C=O) groups excluding carboxylic acids is 2. The molecular weight excluding hydrogens is 294 g/mol. The highest BCUT2D eigenvalue weighted by atomic mass is 16.2. The molecule has 0 aliphatic carbocycles. The molecule has 0 spiro atoms. The van der Waals surface area contributed by atoms with Gasteiger partial charge in [-0.2, -0.15) is 0 Å². The van der Waals surface area contributed by atoms with Crippen molar-refractivity contribution in [3.05, 3.63) is 70.1 Å². The van der Waals surface area contributed by atoms with E-state index in [1.165, 1.54) is 16.8 Å². The Labute approximate surface area is 134 Å². The number of hydrogen-bond acceptors (Lipinski definition) is 3. The molecule has 1 aromatic heterocycles. The predicted molar refractivity (Wildman–Crippen MR) is 86.8 cm³/mol. The van der Waals surface area contributed by atoms with E-state index in [1.54, 1.807) is 24.3 Å². The zero-order chi connectivity index (χ0) is 16.8. The van der Waals surface area contributed by atoms with Crippen molar-refractivity contribution in [2.75, 3.05) is 0 Å². The van der Waals surface area contributed by atoms with Gasteiger partial charge in [-0.15, -0.1) is 0 Å². The lowest BCUT2D eigenvalue weighted by molar-refractivity contribution is -0.122. The molecule has 2 rings (SSSR count). The van der Waals surface area contributed by atoms with Gasteiger partial charge in [-0.25, -0.2) is 0 Å². The van der Waals surface area contributed by atoms with Crippen molar-refractivity contribution in [1.82, 2.24) is 15.4 Å². The first-order valence-electron chi connectivity index (χ1n) is 7.32. The molecule has 0 saturated heterocycles. The van der Waals surface area contributed by atoms with Crippen LogP contribution < -0.4 is 16.4 Å². The van der Waals surface area contributed by atoms with Crippen LogP contribution in [0, 0.1) is 0 Å². The fraction of sp³-hybridized carbons (Fsp3) is 0.235. The van der Waals surface area contributed by atoms with Crippen LogP contribution in [0.3, 0.4) is 0 Å². The van der Waals surface area contributed by atoms with E-state index in [0.717, 1.165) is 5.56 Å². The van der Waals surface area contributed by atoms with Crippen molar-refractivity contribution in [3.8, 4) is 0 Å². The third-order valence-electron chi connectivity index (χ3n) is 3.37. The fourth-order valence-electron chi connectivity index (χ4n) is 2.00. The van der Waals surface area contributed by atoms with Gasteiger partial charge in [-0.3, -0.25) is 25.2 Å². The molecule has 2 amide bonds. The Bertz CT molecular complexity index is 748. The SMILES string of the molecule is CC(C)c1ccc(C(=O)NNC(=O)Cn2ccccc2=O)cc1. The first-order valence-corrected chi connectivity index (χ1v) is 7.32. The minimum absolute atomic E-state index is 0.160. The Hall–Kier alpha value is -2.89. The molecular formula is C17H19N3O3. The molecule has 0 saturated carbocycles. The van der Waals surface area contributed by atoms with E-state index in [9.17, 15) is 14.4 Å². The minimum Gasteiger partial charge on any atom is -0.306 e. The molecule has 1 heterocycles. The number of pyridine rings is 1. The summed E-state index contributed by atoms with van der Waals surface area (Å²) in [5, 5.41) is 0. The van der Waals surface area contributed by atoms with Crippen LogP contribution in [0.25, 0.3) is 0 Å². The van der Waals surface area contributed by atoms with E-state index in [-0.39, 0.29) is 12.1 Å². The van der Waals surface area contributed by atoms with Gasteiger partial charge >= 0.3 is 0 Å². The molecule has 0 atom stereocenters. The number of amides is 2. The summed E-state index contributed by atoms with van der Waals surface area (Å²) in [6, 6.07) is 11.8. The third-order valence-corrected chi connectivity index (χ3v) is 3.37. The van der Waals surface area contributed by atoms with Crippen LogP contribution in [-0.4, -0.2) is 16.4 Å². The van der Waals surface area contributed by atoms with Crippen LogP contribution in [0.4, 0.5) is 0 Å². The first-order chi connectivity index (χ1) is 11.0. The van der Waals surface area contributed by atoms with E-state index in [4.69, 9.17) is 0 Å². The highest BCUT2D eigenvalue weighted by molar-refractivity contribution is 5.95. The van der Waals surface area contributed by atoms with E-state index in [0.29, 0.717) is 11.5 Å². The number of hydrazine groups is 1. The largest absolute Gasteiger partial charge is 0.306 e. The van der Waals surface area contributed by atoms with E-state index in [2.05, 4.69) is 24.7 Å². The van der Waals surface area contributed by atoms with Crippen LogP contribution >= 0.6 is 0 Å². The standard InChI is InChI=1S/C17H19N3O3/c1-12(2)13-6-8-14(9-7-13)17(23)19-18-15(21)11-20-10-4-3-5-16(20)22/h3-10,12H,11H2,1-2H3,(H,18,21)(H,19,23). The topological polar surface area (TPSA) is 80.2 Å². The fourth-order valence-corrected chi connectivity index (χ4v) is 2.00. The normalized spacial score (nSPS) is 10.4. The molecule has 1 aromatic carbocycles. The number of hydrogen-bond donors (Lipinski definition) is 2. The molecule has 23 heavy (non-hydrogen) atoms. The van der Waals surface area contributed by atoms with E-state index >= 15 is 0 Å². The van der Waals surface area contributed by atoms with Crippen molar-refractivity contribution >= 4 is 11.8 Å². The van der Waals surface area contributed by atoms with Gasteiger partial charge in [-0.1, -0.05) is 32.0 Å². The maximum atomic E-state index is 12.0. The Morgan fingerprint density at radius 3 is 2.35 bits per heavy atom. The summed E-state index contributed by atoms with van der Waals surface area (Å²) in [4.78, 5) is 35.2. The molecule has 6 nitrogen and oxygen atoms in total. The van der Waals surface area contributed by atoms with Gasteiger partial charge in [0.2, 0.25) is 0 Å². The maximum Gasteiger partial charge on any atom is 0.269 e. The van der Waals surface area contributed by atoms with E-state index < -0.39 is 11.8 Å². The number of nitrogens with zero attached hydrogens (tertiary/aromatic N) is 1. The van der Waals surface area contributed by atoms with Crippen LogP contribution in [0.5, 0.6) is 0 Å². The number of rotatable bonds is 4. The van der Waals surface area contributed by atoms with Crippen molar-refractivity contribution in [2.45, 2.75) is 26.3 Å². The van der Waals surface area contributed by atoms with Gasteiger partial charge in [0, 0.05) is 17.8 Å². The first kappa shape index (κ1) is 16.5. The van der Waals surface area contributed by atoms with Gasteiger partial charge in [-0.05, 0) is 29.7 Å². The maximum absolute atomic E-state index is 12.0. The summed E-state index contributed by atoms with van der Waals surface area (Å²) in [6.45, 7) is 3.98. The smallest absolute Gasteiger partial charge is 0.269 e. The lowest BCUT2D eigenvalue weighted by Crippen LogP contribution is -2.44. The zero-order valence-corrected chi connectivity index (χ0v) is 13.1. The summed E-state index contributed by atoms with van der Waals surface area (Å²) < 4.78 is 1.25. The lowest BCUT2D eigenvalue weighted by Gasteiger charge is -2.10. The van der Waals surface area contributed by atoms with Gasteiger partial charge in [0.15, 0.2) is 0 Å². The molecule has 0 fully saturated rings. The number of carbonyl (C=O) groups is 2. The second kappa shape index (κ2) is 7.40. The number of nitrogens with one attached hydrogen (secondary N) is 2. The van der Waals surface area contributed by atoms with E-state index in [1.807, 2.05) is 12.1 Å². The number of aromatic nitrogens is 1. The second-order valence-corrected chi connectivity index (χ2v) is 5.45. The van der Waals surface area contributed by atoms with Crippen molar-refractivity contribution in [3.63, 3.8) is 0 Å². The molecule has 120 valence electrons. The van der Waals surface area contributed by atoms with Gasteiger partial charge in [0.1, 0.15) is 6.54 Å². The Balaban J connectivity index is 1.90. The quantitative estimate of drug-likeness (QED) is 0.838. The summed E-state index contributed by atoms with van der Waals surface area (Å²) in [5.74, 6) is -0.504. The molecule has 2 aromatic rings. The summed E-state index contributed by atoms with van der Waals surface area (Å²) in [6.07, 6.45) is 1.51. The summed E-state index contributed by atoms with van der Waals surface area (Å²) >= 11 is 0. The molecule has 6 heteroatoms. The molecule has 0 aliphatic rings. The van der Waals surface area contributed by atoms with Crippen molar-refractivity contribution < 1.29 is 9.59 Å². The summed E-state index contributed by atoms with van der Waals surface area (Å²) in [5.41, 5.74) is 5.93. The molecule has 0 aliphatic heterocycles. The van der Waals surface area contributed by atoms with Crippen LogP contribution in [0.1, 0.15) is 35.7 Å². The third kappa shape index (κ3) is 4.54. The minimum atomic E-state index is -0.481. The second-order valence-electron chi connectivity index (χ2n) is 5.45. The Morgan fingerprint density at radius 1 is 1.04 bits per heavy atom. The monoisotopic (exact) mass is 313 g/mol.